The number of rotatable bonds is 3. The minimum atomic E-state index is 1.08. The Labute approximate surface area is 140 Å². The number of hydrogen-bond acceptors (Lipinski definition) is 2. The molecule has 0 spiro atoms. The minimum absolute atomic E-state index is 1.08. The third-order valence-corrected chi connectivity index (χ3v) is 6.87. The van der Waals surface area contributed by atoms with E-state index in [-0.39, 0.29) is 0 Å². The maximum atomic E-state index is 2.30. The Morgan fingerprint density at radius 3 is 1.50 bits per heavy atom. The first-order valence-electron chi connectivity index (χ1n) is 7.78. The largest absolute Gasteiger partial charge is 0.0838 e. The van der Waals surface area contributed by atoms with Gasteiger partial charge in [-0.05, 0) is 60.1 Å². The van der Waals surface area contributed by atoms with Gasteiger partial charge in [0, 0.05) is 9.79 Å². The highest BCUT2D eigenvalue weighted by Crippen LogP contribution is 2.43. The summed E-state index contributed by atoms with van der Waals surface area (Å²) < 4.78 is 0. The van der Waals surface area contributed by atoms with Crippen molar-refractivity contribution >= 4 is 21.6 Å². The van der Waals surface area contributed by atoms with Gasteiger partial charge in [-0.1, -0.05) is 70.2 Å². The molecule has 0 aromatic heterocycles. The zero-order valence-corrected chi connectivity index (χ0v) is 14.1. The first-order chi connectivity index (χ1) is 10.9. The van der Waals surface area contributed by atoms with Crippen LogP contribution in [0.3, 0.4) is 0 Å². The highest BCUT2D eigenvalue weighted by Gasteiger charge is 2.13. The Bertz CT molecular complexity index is 691. The van der Waals surface area contributed by atoms with E-state index in [9.17, 15) is 0 Å². The van der Waals surface area contributed by atoms with Crippen LogP contribution in [-0.4, -0.2) is 0 Å². The molecular weight excluding hydrogens is 304 g/mol. The third kappa shape index (κ3) is 2.78. The maximum absolute atomic E-state index is 2.30. The van der Waals surface area contributed by atoms with Crippen LogP contribution in [0, 0.1) is 0 Å². The molecule has 0 atom stereocenters. The Balaban J connectivity index is 1.58. The topological polar surface area (TPSA) is 0 Å². The van der Waals surface area contributed by atoms with Crippen molar-refractivity contribution in [3.63, 3.8) is 0 Å². The number of allylic oxidation sites excluding steroid dienone is 4. The lowest BCUT2D eigenvalue weighted by Crippen LogP contribution is -1.99. The molecule has 2 aromatic rings. The number of benzene rings is 2. The van der Waals surface area contributed by atoms with Gasteiger partial charge in [-0.25, -0.2) is 0 Å². The summed E-state index contributed by atoms with van der Waals surface area (Å²) in [6, 6.07) is 13.5. The summed E-state index contributed by atoms with van der Waals surface area (Å²) in [7, 11) is 3.84. The highest BCUT2D eigenvalue weighted by molar-refractivity contribution is 8.76. The molecule has 0 unspecified atom stereocenters. The first kappa shape index (κ1) is 14.2. The van der Waals surface area contributed by atoms with Gasteiger partial charge in [-0.2, -0.15) is 0 Å². The third-order valence-electron chi connectivity index (χ3n) is 4.33. The molecule has 4 rings (SSSR count). The van der Waals surface area contributed by atoms with Crippen molar-refractivity contribution in [3.8, 4) is 0 Å². The molecule has 0 heterocycles. The van der Waals surface area contributed by atoms with Crippen molar-refractivity contribution in [3.05, 3.63) is 83.0 Å². The van der Waals surface area contributed by atoms with Crippen LogP contribution >= 0.6 is 21.6 Å². The van der Waals surface area contributed by atoms with Crippen LogP contribution in [0.15, 0.2) is 70.5 Å². The molecule has 0 saturated carbocycles. The Morgan fingerprint density at radius 1 is 0.545 bits per heavy atom. The van der Waals surface area contributed by atoms with Gasteiger partial charge in [-0.15, -0.1) is 0 Å². The maximum Gasteiger partial charge on any atom is 0.0224 e. The fraction of sp³-hybridized carbons (Fsp3) is 0.200. The molecule has 0 radical (unpaired) electrons. The lowest BCUT2D eigenvalue weighted by Gasteiger charge is -2.17. The van der Waals surface area contributed by atoms with E-state index >= 15 is 0 Å². The lowest BCUT2D eigenvalue weighted by atomic mass is 9.97. The van der Waals surface area contributed by atoms with Gasteiger partial charge in [0.1, 0.15) is 0 Å². The van der Waals surface area contributed by atoms with Crippen molar-refractivity contribution in [2.24, 2.45) is 0 Å². The van der Waals surface area contributed by atoms with E-state index in [0.717, 1.165) is 25.7 Å². The predicted octanol–water partition coefficient (Wildman–Crippen LogP) is 5.80. The van der Waals surface area contributed by atoms with Gasteiger partial charge >= 0.3 is 0 Å². The van der Waals surface area contributed by atoms with E-state index in [0.29, 0.717) is 0 Å². The van der Waals surface area contributed by atoms with Crippen molar-refractivity contribution in [1.29, 1.82) is 0 Å². The normalized spacial score (nSPS) is 15.5. The molecule has 0 nitrogen and oxygen atoms in total. The van der Waals surface area contributed by atoms with Crippen LogP contribution in [0.5, 0.6) is 0 Å². The number of fused-ring (bicyclic) bond motifs is 2. The zero-order chi connectivity index (χ0) is 14.8. The molecule has 0 fully saturated rings. The Kier molecular flexibility index (Phi) is 4.13. The van der Waals surface area contributed by atoms with Crippen LogP contribution in [0.4, 0.5) is 0 Å². The average Bonchev–Trinajstić information content (AvgIpc) is 2.60. The molecule has 2 heteroatoms. The van der Waals surface area contributed by atoms with Crippen LogP contribution < -0.4 is 0 Å². The van der Waals surface area contributed by atoms with E-state index in [1.54, 1.807) is 0 Å². The fourth-order valence-electron chi connectivity index (χ4n) is 3.14. The molecule has 110 valence electrons. The second kappa shape index (κ2) is 6.39. The molecule has 0 amide bonds. The monoisotopic (exact) mass is 322 g/mol. The standard InChI is InChI=1S/C20H18S2/c1-3-11-17-15(7-1)9-5-13-19(17)21-22-20-14-6-10-16-8-2-4-12-18(16)20/h1-6,9-10,13-14H,7-8,11-12H2. The van der Waals surface area contributed by atoms with Gasteiger partial charge in [0.15, 0.2) is 0 Å². The van der Waals surface area contributed by atoms with Gasteiger partial charge in [0.25, 0.3) is 0 Å². The van der Waals surface area contributed by atoms with E-state index < -0.39 is 0 Å². The number of hydrogen-bond donors (Lipinski definition) is 0. The summed E-state index contributed by atoms with van der Waals surface area (Å²) in [5.74, 6) is 0. The molecule has 2 aliphatic rings. The lowest BCUT2D eigenvalue weighted by molar-refractivity contribution is 1.04. The van der Waals surface area contributed by atoms with E-state index in [4.69, 9.17) is 0 Å². The van der Waals surface area contributed by atoms with Crippen molar-refractivity contribution in [2.45, 2.75) is 35.5 Å². The van der Waals surface area contributed by atoms with Crippen molar-refractivity contribution in [1.82, 2.24) is 0 Å². The van der Waals surface area contributed by atoms with E-state index in [1.165, 1.54) is 32.0 Å². The van der Waals surface area contributed by atoms with Crippen LogP contribution in [0.25, 0.3) is 0 Å². The van der Waals surface area contributed by atoms with E-state index in [1.807, 2.05) is 21.6 Å². The van der Waals surface area contributed by atoms with Crippen LogP contribution in [-0.2, 0) is 25.7 Å². The van der Waals surface area contributed by atoms with Gasteiger partial charge in [0.05, 0.1) is 0 Å². The summed E-state index contributed by atoms with van der Waals surface area (Å²) in [4.78, 5) is 2.85. The van der Waals surface area contributed by atoms with E-state index in [2.05, 4.69) is 60.7 Å². The molecule has 2 aromatic carbocycles. The smallest absolute Gasteiger partial charge is 0.0224 e. The second-order valence-electron chi connectivity index (χ2n) is 5.71. The fourth-order valence-corrected chi connectivity index (χ4v) is 5.69. The molecular formula is C20H18S2. The van der Waals surface area contributed by atoms with Crippen LogP contribution in [0.2, 0.25) is 0 Å². The Morgan fingerprint density at radius 2 is 1.00 bits per heavy atom. The second-order valence-corrected chi connectivity index (χ2v) is 7.93. The summed E-state index contributed by atoms with van der Waals surface area (Å²) >= 11 is 0. The van der Waals surface area contributed by atoms with Gasteiger partial charge in [0.2, 0.25) is 0 Å². The molecule has 0 bridgehead atoms. The SMILES string of the molecule is C1=CCc2c(cccc2SSc2cccc3c2CC=CC3)C1. The molecule has 22 heavy (non-hydrogen) atoms. The average molecular weight is 322 g/mol. The highest BCUT2D eigenvalue weighted by atomic mass is 33.1. The quantitative estimate of drug-likeness (QED) is 0.518. The summed E-state index contributed by atoms with van der Waals surface area (Å²) in [6.45, 7) is 0. The van der Waals surface area contributed by atoms with Crippen molar-refractivity contribution < 1.29 is 0 Å². The zero-order valence-electron chi connectivity index (χ0n) is 12.4. The molecule has 0 saturated heterocycles. The molecule has 0 N–H and O–H groups in total. The summed E-state index contributed by atoms with van der Waals surface area (Å²) in [5, 5.41) is 0. The summed E-state index contributed by atoms with van der Waals surface area (Å²) in [6.07, 6.45) is 13.5. The molecule has 2 aliphatic carbocycles. The summed E-state index contributed by atoms with van der Waals surface area (Å²) in [5.41, 5.74) is 6.02. The van der Waals surface area contributed by atoms with Crippen molar-refractivity contribution in [2.75, 3.05) is 0 Å². The van der Waals surface area contributed by atoms with Gasteiger partial charge in [-0.3, -0.25) is 0 Å². The first-order valence-corrected chi connectivity index (χ1v) is 9.93. The minimum Gasteiger partial charge on any atom is -0.0838 e. The molecule has 0 aliphatic heterocycles. The predicted molar refractivity (Wildman–Crippen MR) is 97.7 cm³/mol. The van der Waals surface area contributed by atoms with Crippen LogP contribution in [0.1, 0.15) is 22.3 Å². The Hall–Kier alpha value is -1.38. The van der Waals surface area contributed by atoms with Gasteiger partial charge < -0.3 is 0 Å².